The largest absolute Gasteiger partial charge is 0.548 e. The maximum absolute atomic E-state index is 12.6. The number of carboxylic acid groups (broad SMARTS) is 1. The first kappa shape index (κ1) is 19.7. The highest BCUT2D eigenvalue weighted by Gasteiger charge is 2.46. The number of nitro benzene ring substituents is 1. The van der Waals surface area contributed by atoms with Crippen LogP contribution in [0.5, 0.6) is 0 Å². The molecule has 0 radical (unpaired) electrons. The number of ketones is 1. The van der Waals surface area contributed by atoms with Crippen molar-refractivity contribution in [1.82, 2.24) is 4.90 Å². The molecule has 148 valence electrons. The average molecular weight is 395 g/mol. The van der Waals surface area contributed by atoms with Crippen molar-refractivity contribution in [1.29, 1.82) is 0 Å². The zero-order valence-corrected chi connectivity index (χ0v) is 15.2. The number of likely N-dealkylation sites (tertiary alicyclic amines) is 1. The Labute approximate surface area is 164 Å². The van der Waals surface area contributed by atoms with Crippen LogP contribution in [0, 0.1) is 17.0 Å². The second-order valence-corrected chi connectivity index (χ2v) is 6.51. The minimum absolute atomic E-state index is 0.218. The summed E-state index contributed by atoms with van der Waals surface area (Å²) in [7, 11) is 0. The van der Waals surface area contributed by atoms with E-state index in [2.05, 4.69) is 0 Å². The number of nitrogens with zero attached hydrogens (tertiary/aromatic N) is 2. The third-order valence-corrected chi connectivity index (χ3v) is 4.58. The number of rotatable bonds is 5. The molecule has 1 N–H and O–H groups in total. The smallest absolute Gasteiger partial charge is 0.295 e. The SMILES string of the molecule is Cc1ccc(C(O)=C2C(=O)C(=O)N(CC(=O)[O-])[C@H]2c2ccc([N+](=O)[O-])cc2)cc1. The quantitative estimate of drug-likeness (QED) is 0.262. The normalized spacial score (nSPS) is 18.1. The third-order valence-electron chi connectivity index (χ3n) is 4.58. The van der Waals surface area contributed by atoms with Gasteiger partial charge in [0.15, 0.2) is 0 Å². The standard InChI is InChI=1S/C20H16N2O7/c1-11-2-4-13(5-3-11)18(25)16-17(12-6-8-14(9-7-12)22(28)29)21(10-15(23)24)20(27)19(16)26/h2-9,17,25H,10H2,1H3,(H,23,24)/p-1/t17-/m0/s1. The van der Waals surface area contributed by atoms with Crippen LogP contribution >= 0.6 is 0 Å². The molecule has 0 aromatic heterocycles. The molecule has 0 spiro atoms. The molecule has 0 saturated carbocycles. The topological polar surface area (TPSA) is 141 Å². The molecule has 29 heavy (non-hydrogen) atoms. The number of amides is 1. The van der Waals surface area contributed by atoms with Crippen molar-refractivity contribution in [2.45, 2.75) is 13.0 Å². The molecule has 2 aromatic rings. The summed E-state index contributed by atoms with van der Waals surface area (Å²) in [5.41, 5.74) is 0.905. The van der Waals surface area contributed by atoms with Gasteiger partial charge in [0.25, 0.3) is 17.4 Å². The average Bonchev–Trinajstić information content (AvgIpc) is 2.92. The number of benzene rings is 2. The lowest BCUT2D eigenvalue weighted by molar-refractivity contribution is -0.384. The van der Waals surface area contributed by atoms with Crippen molar-refractivity contribution < 1.29 is 29.5 Å². The fourth-order valence-electron chi connectivity index (χ4n) is 3.17. The number of carbonyl (C=O) groups excluding carboxylic acids is 3. The molecule has 1 heterocycles. The van der Waals surface area contributed by atoms with Crippen molar-refractivity contribution in [3.63, 3.8) is 0 Å². The lowest BCUT2D eigenvalue weighted by atomic mass is 9.95. The summed E-state index contributed by atoms with van der Waals surface area (Å²) in [4.78, 5) is 47.2. The minimum atomic E-state index is -1.59. The molecule has 1 fully saturated rings. The molecule has 0 unspecified atom stereocenters. The zero-order valence-electron chi connectivity index (χ0n) is 15.2. The minimum Gasteiger partial charge on any atom is -0.548 e. The maximum atomic E-state index is 12.6. The van der Waals surface area contributed by atoms with Crippen LogP contribution in [0.2, 0.25) is 0 Å². The van der Waals surface area contributed by atoms with Gasteiger partial charge < -0.3 is 19.9 Å². The van der Waals surface area contributed by atoms with Crippen LogP contribution < -0.4 is 5.11 Å². The Morgan fingerprint density at radius 3 is 2.21 bits per heavy atom. The molecule has 1 amide bonds. The Kier molecular flexibility index (Phi) is 5.14. The number of non-ortho nitro benzene ring substituents is 1. The highest BCUT2D eigenvalue weighted by Crippen LogP contribution is 2.39. The fourth-order valence-corrected chi connectivity index (χ4v) is 3.17. The second kappa shape index (κ2) is 7.55. The third kappa shape index (κ3) is 3.70. The van der Waals surface area contributed by atoms with Gasteiger partial charge in [-0.1, -0.05) is 29.8 Å². The van der Waals surface area contributed by atoms with Gasteiger partial charge in [-0.3, -0.25) is 19.7 Å². The van der Waals surface area contributed by atoms with Crippen LogP contribution in [0.1, 0.15) is 22.7 Å². The molecular weight excluding hydrogens is 380 g/mol. The Bertz CT molecular complexity index is 1040. The molecule has 1 saturated heterocycles. The number of aliphatic carboxylic acids is 1. The van der Waals surface area contributed by atoms with E-state index in [0.717, 1.165) is 10.5 Å². The van der Waals surface area contributed by atoms with Crippen molar-refractivity contribution in [2.24, 2.45) is 0 Å². The van der Waals surface area contributed by atoms with Gasteiger partial charge in [-0.2, -0.15) is 0 Å². The van der Waals surface area contributed by atoms with Crippen molar-refractivity contribution >= 4 is 29.1 Å². The molecule has 3 rings (SSSR count). The summed E-state index contributed by atoms with van der Waals surface area (Å²) < 4.78 is 0. The molecule has 0 aliphatic carbocycles. The number of carboxylic acids is 1. The number of nitro groups is 1. The molecular formula is C20H15N2O7-. The van der Waals surface area contributed by atoms with Crippen LogP contribution in [0.25, 0.3) is 5.76 Å². The number of aliphatic hydroxyl groups is 1. The number of Topliss-reactive ketones (excluding diaryl/α,β-unsaturated/α-hetero) is 1. The molecule has 0 bridgehead atoms. The van der Waals surface area contributed by atoms with Crippen molar-refractivity contribution in [2.75, 3.05) is 6.54 Å². The first-order valence-electron chi connectivity index (χ1n) is 8.50. The molecule has 9 nitrogen and oxygen atoms in total. The van der Waals surface area contributed by atoms with E-state index in [1.165, 1.54) is 24.3 Å². The number of hydrogen-bond donors (Lipinski definition) is 1. The van der Waals surface area contributed by atoms with Gasteiger partial charge in [0.2, 0.25) is 0 Å². The highest BCUT2D eigenvalue weighted by molar-refractivity contribution is 6.46. The molecule has 1 atom stereocenters. The Balaban J connectivity index is 2.18. The summed E-state index contributed by atoms with van der Waals surface area (Å²) in [6.45, 7) is 0.955. The van der Waals surface area contributed by atoms with E-state index in [1.807, 2.05) is 6.92 Å². The maximum Gasteiger partial charge on any atom is 0.295 e. The van der Waals surface area contributed by atoms with Gasteiger partial charge >= 0.3 is 0 Å². The fraction of sp³-hybridized carbons (Fsp3) is 0.150. The van der Waals surface area contributed by atoms with Gasteiger partial charge in [-0.05, 0) is 24.6 Å². The molecule has 9 heteroatoms. The monoisotopic (exact) mass is 395 g/mol. The second-order valence-electron chi connectivity index (χ2n) is 6.51. The van der Waals surface area contributed by atoms with Crippen LogP contribution in [0.15, 0.2) is 54.1 Å². The van der Waals surface area contributed by atoms with Crippen molar-refractivity contribution in [3.05, 3.63) is 80.9 Å². The Hall–Kier alpha value is -4.01. The predicted molar refractivity (Wildman–Crippen MR) is 98.3 cm³/mol. The van der Waals surface area contributed by atoms with E-state index < -0.39 is 40.9 Å². The zero-order chi connectivity index (χ0) is 21.3. The van der Waals surface area contributed by atoms with Gasteiger partial charge in [0.1, 0.15) is 5.76 Å². The summed E-state index contributed by atoms with van der Waals surface area (Å²) in [5, 5.41) is 32.7. The first-order chi connectivity index (χ1) is 13.7. The Morgan fingerprint density at radius 1 is 1.10 bits per heavy atom. The van der Waals surface area contributed by atoms with Crippen LogP contribution in [-0.4, -0.2) is 39.1 Å². The summed E-state index contributed by atoms with van der Waals surface area (Å²) >= 11 is 0. The highest BCUT2D eigenvalue weighted by atomic mass is 16.6. The summed E-state index contributed by atoms with van der Waals surface area (Å²) in [6, 6.07) is 10.2. The van der Waals surface area contributed by atoms with Gasteiger partial charge in [-0.25, -0.2) is 0 Å². The molecule has 2 aromatic carbocycles. The lowest BCUT2D eigenvalue weighted by Gasteiger charge is -2.25. The van der Waals surface area contributed by atoms with Gasteiger partial charge in [0.05, 0.1) is 29.1 Å². The number of hydrogen-bond acceptors (Lipinski definition) is 7. The van der Waals surface area contributed by atoms with Crippen molar-refractivity contribution in [3.8, 4) is 0 Å². The van der Waals surface area contributed by atoms with Gasteiger partial charge in [0, 0.05) is 17.7 Å². The van der Waals surface area contributed by atoms with Crippen LogP contribution in [-0.2, 0) is 14.4 Å². The number of aryl methyl sites for hydroxylation is 1. The van der Waals surface area contributed by atoms with Crippen LogP contribution in [0.4, 0.5) is 5.69 Å². The van der Waals surface area contributed by atoms with Crippen LogP contribution in [0.3, 0.4) is 0 Å². The number of carbonyl (C=O) groups is 3. The molecule has 1 aliphatic rings. The lowest BCUT2D eigenvalue weighted by Crippen LogP contribution is -2.40. The van der Waals surface area contributed by atoms with E-state index in [4.69, 9.17) is 0 Å². The van der Waals surface area contributed by atoms with E-state index in [9.17, 15) is 34.7 Å². The first-order valence-corrected chi connectivity index (χ1v) is 8.50. The van der Waals surface area contributed by atoms with E-state index in [0.29, 0.717) is 0 Å². The Morgan fingerprint density at radius 2 is 1.69 bits per heavy atom. The number of aliphatic hydroxyl groups excluding tert-OH is 1. The van der Waals surface area contributed by atoms with E-state index >= 15 is 0 Å². The summed E-state index contributed by atoms with van der Waals surface area (Å²) in [5.74, 6) is -4.21. The van der Waals surface area contributed by atoms with E-state index in [1.54, 1.807) is 24.3 Å². The van der Waals surface area contributed by atoms with E-state index in [-0.39, 0.29) is 22.4 Å². The molecule has 1 aliphatic heterocycles. The predicted octanol–water partition coefficient (Wildman–Crippen LogP) is 1.07. The summed E-state index contributed by atoms with van der Waals surface area (Å²) in [6.07, 6.45) is 0. The van der Waals surface area contributed by atoms with Gasteiger partial charge in [-0.15, -0.1) is 0 Å².